The van der Waals surface area contributed by atoms with E-state index in [1.54, 1.807) is 24.4 Å². The van der Waals surface area contributed by atoms with Crippen molar-refractivity contribution in [2.45, 2.75) is 31.8 Å². The quantitative estimate of drug-likeness (QED) is 0.494. The predicted molar refractivity (Wildman–Crippen MR) is 122 cm³/mol. The second kappa shape index (κ2) is 7.73. The van der Waals surface area contributed by atoms with Crippen molar-refractivity contribution in [1.82, 2.24) is 4.98 Å². The number of carbonyl (C=O) groups is 1. The van der Waals surface area contributed by atoms with E-state index in [-0.39, 0.29) is 23.7 Å². The van der Waals surface area contributed by atoms with Gasteiger partial charge >= 0.3 is 0 Å². The van der Waals surface area contributed by atoms with E-state index in [0.29, 0.717) is 39.8 Å². The largest absolute Gasteiger partial charge is 0.490 e. The van der Waals surface area contributed by atoms with E-state index in [9.17, 15) is 9.18 Å². The Morgan fingerprint density at radius 2 is 1.84 bits per heavy atom. The first-order valence-corrected chi connectivity index (χ1v) is 11.7. The number of ether oxygens (including phenoxy) is 1. The lowest BCUT2D eigenvalue weighted by molar-refractivity contribution is -0.121. The number of rotatable bonds is 6. The molecular weight excluding hydrogens is 427 g/mol. The highest BCUT2D eigenvalue weighted by molar-refractivity contribution is 6.30. The average Bonchev–Trinajstić information content (AvgIpc) is 3.69. The molecule has 0 saturated heterocycles. The van der Waals surface area contributed by atoms with E-state index in [1.165, 1.54) is 12.1 Å². The van der Waals surface area contributed by atoms with Gasteiger partial charge in [0.25, 0.3) is 0 Å². The summed E-state index contributed by atoms with van der Waals surface area (Å²) in [6, 6.07) is 13.7. The topological polar surface area (TPSA) is 51.2 Å². The molecule has 32 heavy (non-hydrogen) atoms. The van der Waals surface area contributed by atoms with Gasteiger partial charge in [-0.3, -0.25) is 9.78 Å². The molecule has 3 aromatic rings. The number of anilines is 1. The van der Waals surface area contributed by atoms with E-state index in [4.69, 9.17) is 16.3 Å². The summed E-state index contributed by atoms with van der Waals surface area (Å²) in [6.45, 7) is 0. The molecule has 0 bridgehead atoms. The number of aromatic nitrogens is 1. The molecule has 3 aliphatic carbocycles. The van der Waals surface area contributed by atoms with Crippen molar-refractivity contribution >= 4 is 34.1 Å². The Balaban J connectivity index is 1.12. The van der Waals surface area contributed by atoms with Crippen LogP contribution in [0.2, 0.25) is 5.02 Å². The van der Waals surface area contributed by atoms with Crippen LogP contribution in [0, 0.1) is 35.4 Å². The standard InChI is InChI=1S/C26H24ClFN2O2/c27-15-3-6-17(7-4-15)30-26(31)24(14-1-2-14)25-19-12-18(13-20(19)25)32-23-9-10-29-22-8-5-16(28)11-21(22)23/h3-11,14,18-20,24-25H,1-2,12-13H2,(H,30,31). The Bertz CT molecular complexity index is 1170. The molecule has 0 radical (unpaired) electrons. The Hall–Kier alpha value is -2.66. The molecule has 3 saturated carbocycles. The van der Waals surface area contributed by atoms with Crippen LogP contribution >= 0.6 is 11.6 Å². The third-order valence-electron chi connectivity index (χ3n) is 7.38. The van der Waals surface area contributed by atoms with Gasteiger partial charge in [0, 0.05) is 28.2 Å². The number of benzene rings is 2. The maximum atomic E-state index is 13.7. The first-order valence-electron chi connectivity index (χ1n) is 11.3. The minimum Gasteiger partial charge on any atom is -0.490 e. The number of hydrogen-bond acceptors (Lipinski definition) is 3. The first-order chi connectivity index (χ1) is 15.6. The Kier molecular flexibility index (Phi) is 4.83. The fraction of sp³-hybridized carbons (Fsp3) is 0.385. The number of carbonyl (C=O) groups excluding carboxylic acids is 1. The van der Waals surface area contributed by atoms with Gasteiger partial charge in [0.2, 0.25) is 5.91 Å². The van der Waals surface area contributed by atoms with Crippen molar-refractivity contribution in [1.29, 1.82) is 0 Å². The molecule has 1 heterocycles. The van der Waals surface area contributed by atoms with Crippen LogP contribution in [0.5, 0.6) is 5.75 Å². The lowest BCUT2D eigenvalue weighted by Crippen LogP contribution is -2.29. The summed E-state index contributed by atoms with van der Waals surface area (Å²) in [4.78, 5) is 17.4. The van der Waals surface area contributed by atoms with E-state index in [1.807, 2.05) is 18.2 Å². The molecule has 1 amide bonds. The highest BCUT2D eigenvalue weighted by atomic mass is 35.5. The van der Waals surface area contributed by atoms with Gasteiger partial charge in [0.15, 0.2) is 0 Å². The van der Waals surface area contributed by atoms with E-state index in [0.717, 1.165) is 36.9 Å². The number of nitrogens with zero attached hydrogens (tertiary/aromatic N) is 1. The molecule has 0 spiro atoms. The molecule has 3 atom stereocenters. The number of nitrogens with one attached hydrogen (secondary N) is 1. The van der Waals surface area contributed by atoms with Crippen LogP contribution < -0.4 is 10.1 Å². The lowest BCUT2D eigenvalue weighted by Gasteiger charge is -2.22. The van der Waals surface area contributed by atoms with Gasteiger partial charge in [0.1, 0.15) is 11.6 Å². The molecule has 3 aliphatic rings. The fourth-order valence-electron chi connectivity index (χ4n) is 5.76. The molecule has 6 heteroatoms. The average molecular weight is 451 g/mol. The van der Waals surface area contributed by atoms with Gasteiger partial charge in [-0.2, -0.15) is 0 Å². The predicted octanol–water partition coefficient (Wildman–Crippen LogP) is 6.10. The van der Waals surface area contributed by atoms with Crippen LogP contribution in [0.15, 0.2) is 54.7 Å². The summed E-state index contributed by atoms with van der Waals surface area (Å²) in [5.41, 5.74) is 1.53. The van der Waals surface area contributed by atoms with Crippen molar-refractivity contribution < 1.29 is 13.9 Å². The summed E-state index contributed by atoms with van der Waals surface area (Å²) >= 11 is 5.96. The molecule has 1 aromatic heterocycles. The third-order valence-corrected chi connectivity index (χ3v) is 7.64. The van der Waals surface area contributed by atoms with Gasteiger partial charge in [-0.1, -0.05) is 11.6 Å². The lowest BCUT2D eigenvalue weighted by atomic mass is 9.90. The van der Waals surface area contributed by atoms with Crippen LogP contribution in [-0.2, 0) is 4.79 Å². The summed E-state index contributed by atoms with van der Waals surface area (Å²) in [7, 11) is 0. The Labute approximate surface area is 191 Å². The molecule has 3 fully saturated rings. The van der Waals surface area contributed by atoms with Gasteiger partial charge < -0.3 is 10.1 Å². The minimum absolute atomic E-state index is 0.0810. The molecule has 164 valence electrons. The fourth-order valence-corrected chi connectivity index (χ4v) is 5.89. The van der Waals surface area contributed by atoms with Gasteiger partial charge in [-0.05, 0) is 97.9 Å². The van der Waals surface area contributed by atoms with Crippen molar-refractivity contribution in [3.63, 3.8) is 0 Å². The normalized spacial score (nSPS) is 27.1. The summed E-state index contributed by atoms with van der Waals surface area (Å²) in [5.74, 6) is 2.64. The highest BCUT2D eigenvalue weighted by Gasteiger charge is 2.63. The zero-order chi connectivity index (χ0) is 21.8. The molecule has 2 aromatic carbocycles. The molecular formula is C26H24ClFN2O2. The van der Waals surface area contributed by atoms with Gasteiger partial charge in [-0.15, -0.1) is 0 Å². The Morgan fingerprint density at radius 1 is 1.09 bits per heavy atom. The number of pyridine rings is 1. The molecule has 6 rings (SSSR count). The second-order valence-corrected chi connectivity index (χ2v) is 9.88. The Morgan fingerprint density at radius 3 is 2.56 bits per heavy atom. The SMILES string of the molecule is O=C(Nc1ccc(Cl)cc1)C(C1CC1)C1C2CC(Oc3ccnc4ccc(F)cc34)CC21. The number of amides is 1. The first kappa shape index (κ1) is 20.0. The van der Waals surface area contributed by atoms with Crippen LogP contribution in [-0.4, -0.2) is 17.0 Å². The van der Waals surface area contributed by atoms with Gasteiger partial charge in [-0.25, -0.2) is 4.39 Å². The van der Waals surface area contributed by atoms with Crippen molar-refractivity contribution in [3.8, 4) is 5.75 Å². The molecule has 1 N–H and O–H groups in total. The smallest absolute Gasteiger partial charge is 0.228 e. The summed E-state index contributed by atoms with van der Waals surface area (Å²) in [5, 5.41) is 4.48. The van der Waals surface area contributed by atoms with E-state index in [2.05, 4.69) is 10.3 Å². The maximum absolute atomic E-state index is 13.7. The van der Waals surface area contributed by atoms with Crippen LogP contribution in [0.4, 0.5) is 10.1 Å². The van der Waals surface area contributed by atoms with Crippen LogP contribution in [0.1, 0.15) is 25.7 Å². The minimum atomic E-state index is -0.288. The van der Waals surface area contributed by atoms with Crippen molar-refractivity contribution in [3.05, 3.63) is 65.6 Å². The monoisotopic (exact) mass is 450 g/mol. The molecule has 3 unspecified atom stereocenters. The number of halogens is 2. The van der Waals surface area contributed by atoms with E-state index >= 15 is 0 Å². The van der Waals surface area contributed by atoms with E-state index < -0.39 is 0 Å². The van der Waals surface area contributed by atoms with Crippen LogP contribution in [0.3, 0.4) is 0 Å². The second-order valence-electron chi connectivity index (χ2n) is 9.45. The number of hydrogen-bond donors (Lipinski definition) is 1. The zero-order valence-corrected chi connectivity index (χ0v) is 18.3. The van der Waals surface area contributed by atoms with Crippen molar-refractivity contribution in [2.75, 3.05) is 5.32 Å². The third kappa shape index (κ3) is 3.73. The van der Waals surface area contributed by atoms with Gasteiger partial charge in [0.05, 0.1) is 11.6 Å². The highest BCUT2D eigenvalue weighted by Crippen LogP contribution is 2.64. The summed E-state index contributed by atoms with van der Waals surface area (Å²) < 4.78 is 20.0. The van der Waals surface area contributed by atoms with Crippen LogP contribution in [0.25, 0.3) is 10.9 Å². The zero-order valence-electron chi connectivity index (χ0n) is 17.5. The number of fused-ring (bicyclic) bond motifs is 2. The maximum Gasteiger partial charge on any atom is 0.228 e. The molecule has 4 nitrogen and oxygen atoms in total. The van der Waals surface area contributed by atoms with Crippen molar-refractivity contribution in [2.24, 2.45) is 29.6 Å². The molecule has 0 aliphatic heterocycles. The summed E-state index contributed by atoms with van der Waals surface area (Å²) in [6.07, 6.45) is 6.00.